The molecule has 2 nitrogen and oxygen atoms in total. The molecule has 0 aromatic carbocycles. The first-order chi connectivity index (χ1) is 1.73. The van der Waals surface area contributed by atoms with Crippen LogP contribution in [0.25, 0.3) is 0 Å². The van der Waals surface area contributed by atoms with Crippen molar-refractivity contribution >= 4 is 5.97 Å². The molecular formula is C2H5FFeO2. The van der Waals surface area contributed by atoms with Crippen LogP contribution in [0.15, 0.2) is 0 Å². The summed E-state index contributed by atoms with van der Waals surface area (Å²) in [6, 6.07) is 0. The van der Waals surface area contributed by atoms with E-state index in [2.05, 4.69) is 0 Å². The Bertz CT molecular complexity index is 34.5. The molecule has 0 saturated heterocycles. The SMILES string of the molecule is CC(=O)O.F.[Fe]. The smallest absolute Gasteiger partial charge is 0.300 e. The number of halogens is 1. The largest absolute Gasteiger partial charge is 0.481 e. The molecule has 0 aromatic rings. The van der Waals surface area contributed by atoms with E-state index in [4.69, 9.17) is 9.90 Å². The summed E-state index contributed by atoms with van der Waals surface area (Å²) in [6.45, 7) is 1.08. The van der Waals surface area contributed by atoms with Crippen LogP contribution >= 0.6 is 0 Å². The van der Waals surface area contributed by atoms with Crippen LogP contribution in [-0.4, -0.2) is 11.1 Å². The topological polar surface area (TPSA) is 37.3 Å². The molecule has 1 N–H and O–H groups in total. The van der Waals surface area contributed by atoms with Gasteiger partial charge in [0, 0.05) is 24.0 Å². The Morgan fingerprint density at radius 3 is 1.67 bits per heavy atom. The summed E-state index contributed by atoms with van der Waals surface area (Å²) < 4.78 is 0. The predicted octanol–water partition coefficient (Wildman–Crippen LogP) is 0.241. The van der Waals surface area contributed by atoms with E-state index in [0.29, 0.717) is 0 Å². The van der Waals surface area contributed by atoms with Crippen LogP contribution in [0.4, 0.5) is 4.70 Å². The number of carboxylic acid groups (broad SMARTS) is 1. The van der Waals surface area contributed by atoms with Gasteiger partial charge in [0.1, 0.15) is 0 Å². The number of hydrogen-bond acceptors (Lipinski definition) is 1. The van der Waals surface area contributed by atoms with Gasteiger partial charge >= 0.3 is 0 Å². The summed E-state index contributed by atoms with van der Waals surface area (Å²) in [5, 5.41) is 7.42. The maximum atomic E-state index is 9.00. The van der Waals surface area contributed by atoms with Gasteiger partial charge in [-0.15, -0.1) is 0 Å². The Morgan fingerprint density at radius 1 is 1.67 bits per heavy atom. The van der Waals surface area contributed by atoms with Crippen LogP contribution in [0, 0.1) is 0 Å². The Kier molecular flexibility index (Phi) is 24.8. The molecule has 40 valence electrons. The second kappa shape index (κ2) is 8.87. The van der Waals surface area contributed by atoms with Gasteiger partial charge in [-0.2, -0.15) is 0 Å². The van der Waals surface area contributed by atoms with E-state index < -0.39 is 5.97 Å². The minimum absolute atomic E-state index is 0. The third-order valence-electron chi connectivity index (χ3n) is 0. The number of aliphatic carboxylic acids is 1. The van der Waals surface area contributed by atoms with Crippen LogP contribution < -0.4 is 0 Å². The molecule has 0 rings (SSSR count). The van der Waals surface area contributed by atoms with Crippen molar-refractivity contribution in [3.8, 4) is 0 Å². The molecular weight excluding hydrogens is 131 g/mol. The van der Waals surface area contributed by atoms with E-state index in [-0.39, 0.29) is 21.8 Å². The summed E-state index contributed by atoms with van der Waals surface area (Å²) >= 11 is 0. The van der Waals surface area contributed by atoms with E-state index in [1.165, 1.54) is 0 Å². The van der Waals surface area contributed by atoms with Crippen LogP contribution in [0.1, 0.15) is 6.92 Å². The zero-order chi connectivity index (χ0) is 3.58. The molecule has 0 bridgehead atoms. The van der Waals surface area contributed by atoms with Crippen molar-refractivity contribution in [2.75, 3.05) is 0 Å². The van der Waals surface area contributed by atoms with Crippen molar-refractivity contribution in [1.29, 1.82) is 0 Å². The molecule has 0 spiro atoms. The molecule has 0 aliphatic carbocycles. The van der Waals surface area contributed by atoms with E-state index >= 15 is 0 Å². The summed E-state index contributed by atoms with van der Waals surface area (Å²) in [5.41, 5.74) is 0. The molecule has 4 heteroatoms. The van der Waals surface area contributed by atoms with Crippen LogP contribution in [-0.2, 0) is 21.9 Å². The van der Waals surface area contributed by atoms with Gasteiger partial charge in [-0.3, -0.25) is 9.50 Å². The first kappa shape index (κ1) is 16.8. The monoisotopic (exact) mass is 136 g/mol. The van der Waals surface area contributed by atoms with Gasteiger partial charge in [-0.1, -0.05) is 0 Å². The minimum atomic E-state index is -0.833. The second-order valence-electron chi connectivity index (χ2n) is 0.519. The van der Waals surface area contributed by atoms with E-state index in [1.807, 2.05) is 0 Å². The number of hydrogen-bond donors (Lipinski definition) is 1. The molecule has 0 aromatic heterocycles. The van der Waals surface area contributed by atoms with Gasteiger partial charge in [0.05, 0.1) is 0 Å². The molecule has 0 unspecified atom stereocenters. The number of rotatable bonds is 0. The Labute approximate surface area is 45.4 Å². The van der Waals surface area contributed by atoms with Gasteiger partial charge in [0.25, 0.3) is 5.97 Å². The first-order valence-electron chi connectivity index (χ1n) is 0.928. The molecule has 6 heavy (non-hydrogen) atoms. The predicted molar refractivity (Wildman–Crippen MR) is 15.8 cm³/mol. The Balaban J connectivity index is -0.0000000450. The molecule has 0 amide bonds. The van der Waals surface area contributed by atoms with Crippen molar-refractivity contribution in [2.24, 2.45) is 0 Å². The molecule has 0 saturated carbocycles. The third-order valence-corrected chi connectivity index (χ3v) is 0. The van der Waals surface area contributed by atoms with Gasteiger partial charge < -0.3 is 5.11 Å². The maximum Gasteiger partial charge on any atom is 0.300 e. The minimum Gasteiger partial charge on any atom is -0.481 e. The molecule has 0 heterocycles. The summed E-state index contributed by atoms with van der Waals surface area (Å²) in [5.74, 6) is -0.833. The van der Waals surface area contributed by atoms with Gasteiger partial charge in [-0.25, -0.2) is 0 Å². The van der Waals surface area contributed by atoms with E-state index in [9.17, 15) is 0 Å². The number of carboxylic acids is 1. The Morgan fingerprint density at radius 2 is 1.67 bits per heavy atom. The van der Waals surface area contributed by atoms with Crippen LogP contribution in [0.5, 0.6) is 0 Å². The summed E-state index contributed by atoms with van der Waals surface area (Å²) in [4.78, 5) is 9.00. The number of carbonyl (C=O) groups is 1. The summed E-state index contributed by atoms with van der Waals surface area (Å²) in [6.07, 6.45) is 0. The van der Waals surface area contributed by atoms with E-state index in [0.717, 1.165) is 6.92 Å². The summed E-state index contributed by atoms with van der Waals surface area (Å²) in [7, 11) is 0. The van der Waals surface area contributed by atoms with Crippen molar-refractivity contribution < 1.29 is 31.7 Å². The fourth-order valence-electron chi connectivity index (χ4n) is 0. The van der Waals surface area contributed by atoms with E-state index in [1.54, 1.807) is 0 Å². The van der Waals surface area contributed by atoms with Crippen molar-refractivity contribution in [3.05, 3.63) is 0 Å². The molecule has 0 atom stereocenters. The fourth-order valence-corrected chi connectivity index (χ4v) is 0. The van der Waals surface area contributed by atoms with Gasteiger partial charge in [0.2, 0.25) is 0 Å². The van der Waals surface area contributed by atoms with Gasteiger partial charge in [-0.05, 0) is 0 Å². The second-order valence-corrected chi connectivity index (χ2v) is 0.519. The van der Waals surface area contributed by atoms with Crippen molar-refractivity contribution in [3.63, 3.8) is 0 Å². The molecule has 0 aliphatic heterocycles. The normalized spacial score (nSPS) is 4.17. The standard InChI is InChI=1S/C2H4O2.FH.Fe/c1-2(3)4;;/h1H3,(H,3,4);1H;. The van der Waals surface area contributed by atoms with Crippen molar-refractivity contribution in [2.45, 2.75) is 6.92 Å². The zero-order valence-electron chi connectivity index (χ0n) is 3.12. The van der Waals surface area contributed by atoms with Crippen LogP contribution in [0.3, 0.4) is 0 Å². The first-order valence-corrected chi connectivity index (χ1v) is 0.928. The fraction of sp³-hybridized carbons (Fsp3) is 0.500. The molecule has 0 aliphatic rings. The van der Waals surface area contributed by atoms with Crippen molar-refractivity contribution in [1.82, 2.24) is 0 Å². The third kappa shape index (κ3) is 5150. The average molecular weight is 136 g/mol. The molecule has 0 radical (unpaired) electrons. The quantitative estimate of drug-likeness (QED) is 0.484. The average Bonchev–Trinajstić information content (AvgIpc) is 0.811. The Hall–Kier alpha value is -0.0805. The maximum absolute atomic E-state index is 9.00. The molecule has 0 fully saturated rings. The van der Waals surface area contributed by atoms with Crippen LogP contribution in [0.2, 0.25) is 0 Å². The zero-order valence-corrected chi connectivity index (χ0v) is 4.22. The van der Waals surface area contributed by atoms with Gasteiger partial charge in [0.15, 0.2) is 0 Å².